The number of aliphatic imine (C=N–C) groups is 1. The van der Waals surface area contributed by atoms with E-state index in [-0.39, 0.29) is 0 Å². The molecule has 0 aromatic heterocycles. The van der Waals surface area contributed by atoms with E-state index in [2.05, 4.69) is 65.2 Å². The average molecular weight is 368 g/mol. The minimum absolute atomic E-state index is 0.614. The van der Waals surface area contributed by atoms with Crippen molar-refractivity contribution >= 4 is 21.9 Å². The Morgan fingerprint density at radius 1 is 1.50 bits per heavy atom. The van der Waals surface area contributed by atoms with Crippen molar-refractivity contribution in [3.8, 4) is 0 Å². The minimum atomic E-state index is 0.614. The Labute approximate surface area is 142 Å². The fourth-order valence-corrected chi connectivity index (χ4v) is 3.14. The van der Waals surface area contributed by atoms with E-state index < -0.39 is 0 Å². The lowest BCUT2D eigenvalue weighted by atomic mass is 10.1. The predicted octanol–water partition coefficient (Wildman–Crippen LogP) is 3.19. The zero-order valence-corrected chi connectivity index (χ0v) is 15.3. The molecule has 1 heterocycles. The summed E-state index contributed by atoms with van der Waals surface area (Å²) in [4.78, 5) is 7.01. The van der Waals surface area contributed by atoms with E-state index in [1.54, 1.807) is 0 Å². The minimum Gasteiger partial charge on any atom is -0.381 e. The van der Waals surface area contributed by atoms with Crippen molar-refractivity contribution in [2.75, 3.05) is 33.4 Å². The standard InChI is InChI=1S/C17H26BrN3O/c1-4-19-17(21(3)11-14-7-8-22-12-14)20-10-15-5-6-16(18)9-13(15)2/h5-6,9,14H,4,7-8,10-12H2,1-3H3,(H,19,20). The van der Waals surface area contributed by atoms with Crippen LogP contribution in [0.3, 0.4) is 0 Å². The molecule has 1 aromatic rings. The molecule has 0 radical (unpaired) electrons. The van der Waals surface area contributed by atoms with Gasteiger partial charge >= 0.3 is 0 Å². The third-order valence-electron chi connectivity index (χ3n) is 3.96. The molecule has 1 atom stereocenters. The summed E-state index contributed by atoms with van der Waals surface area (Å²) < 4.78 is 6.58. The third kappa shape index (κ3) is 4.99. The SMILES string of the molecule is CCNC(=NCc1ccc(Br)cc1C)N(C)CC1CCOC1. The summed E-state index contributed by atoms with van der Waals surface area (Å²) in [6.07, 6.45) is 1.15. The zero-order valence-electron chi connectivity index (χ0n) is 13.7. The number of halogens is 1. The molecule has 0 aliphatic carbocycles. The van der Waals surface area contributed by atoms with Crippen molar-refractivity contribution in [2.24, 2.45) is 10.9 Å². The lowest BCUT2D eigenvalue weighted by Gasteiger charge is -2.24. The second kappa shape index (κ2) is 8.53. The number of hydrogen-bond donors (Lipinski definition) is 1. The fraction of sp³-hybridized carbons (Fsp3) is 0.588. The van der Waals surface area contributed by atoms with Crippen molar-refractivity contribution in [3.05, 3.63) is 33.8 Å². The Bertz CT molecular complexity index is 513. The van der Waals surface area contributed by atoms with Gasteiger partial charge < -0.3 is 15.0 Å². The largest absolute Gasteiger partial charge is 0.381 e. The van der Waals surface area contributed by atoms with Gasteiger partial charge in [0.1, 0.15) is 0 Å². The van der Waals surface area contributed by atoms with Crippen molar-refractivity contribution < 1.29 is 4.74 Å². The second-order valence-corrected chi connectivity index (χ2v) is 6.77. The van der Waals surface area contributed by atoms with Crippen LogP contribution in [0.1, 0.15) is 24.5 Å². The van der Waals surface area contributed by atoms with Gasteiger partial charge in [-0.1, -0.05) is 22.0 Å². The van der Waals surface area contributed by atoms with Gasteiger partial charge in [-0.15, -0.1) is 0 Å². The number of hydrogen-bond acceptors (Lipinski definition) is 2. The first-order chi connectivity index (χ1) is 10.6. The third-order valence-corrected chi connectivity index (χ3v) is 4.45. The summed E-state index contributed by atoms with van der Waals surface area (Å²) in [5.41, 5.74) is 2.53. The molecule has 22 heavy (non-hydrogen) atoms. The number of rotatable bonds is 5. The van der Waals surface area contributed by atoms with E-state index in [4.69, 9.17) is 9.73 Å². The molecule has 1 N–H and O–H groups in total. The first-order valence-corrected chi connectivity index (χ1v) is 8.71. The highest BCUT2D eigenvalue weighted by molar-refractivity contribution is 9.10. The number of nitrogens with one attached hydrogen (secondary N) is 1. The summed E-state index contributed by atoms with van der Waals surface area (Å²) in [5, 5.41) is 3.38. The average Bonchev–Trinajstić information content (AvgIpc) is 2.97. The van der Waals surface area contributed by atoms with Crippen LogP contribution >= 0.6 is 15.9 Å². The van der Waals surface area contributed by atoms with Gasteiger partial charge in [-0.2, -0.15) is 0 Å². The molecular formula is C17H26BrN3O. The van der Waals surface area contributed by atoms with E-state index in [1.165, 1.54) is 11.1 Å². The van der Waals surface area contributed by atoms with Crippen molar-refractivity contribution in [1.82, 2.24) is 10.2 Å². The Kier molecular flexibility index (Phi) is 6.70. The van der Waals surface area contributed by atoms with E-state index in [0.29, 0.717) is 12.5 Å². The topological polar surface area (TPSA) is 36.9 Å². The molecule has 0 spiro atoms. The molecule has 4 nitrogen and oxygen atoms in total. The van der Waals surface area contributed by atoms with E-state index >= 15 is 0 Å². The first-order valence-electron chi connectivity index (χ1n) is 7.92. The van der Waals surface area contributed by atoms with Crippen LogP contribution in [0.15, 0.2) is 27.7 Å². The molecule has 5 heteroatoms. The normalized spacial score (nSPS) is 18.5. The van der Waals surface area contributed by atoms with E-state index in [0.717, 1.165) is 43.2 Å². The van der Waals surface area contributed by atoms with Gasteiger partial charge in [0.25, 0.3) is 0 Å². The Morgan fingerprint density at radius 3 is 2.95 bits per heavy atom. The molecule has 2 rings (SSSR count). The fourth-order valence-electron chi connectivity index (χ4n) is 2.67. The van der Waals surface area contributed by atoms with Crippen LogP contribution in [-0.4, -0.2) is 44.2 Å². The summed E-state index contributed by atoms with van der Waals surface area (Å²) in [5.74, 6) is 1.58. The zero-order chi connectivity index (χ0) is 15.9. The van der Waals surface area contributed by atoms with Gasteiger partial charge in [0.2, 0.25) is 0 Å². The van der Waals surface area contributed by atoms with Crippen LogP contribution in [0.4, 0.5) is 0 Å². The molecule has 1 unspecified atom stereocenters. The number of ether oxygens (including phenoxy) is 1. The van der Waals surface area contributed by atoms with Crippen LogP contribution in [0.5, 0.6) is 0 Å². The molecule has 1 saturated heterocycles. The van der Waals surface area contributed by atoms with Gasteiger partial charge in [0.15, 0.2) is 5.96 Å². The van der Waals surface area contributed by atoms with Crippen molar-refractivity contribution in [3.63, 3.8) is 0 Å². The Balaban J connectivity index is 2.01. The lowest BCUT2D eigenvalue weighted by molar-refractivity contribution is 0.181. The van der Waals surface area contributed by atoms with Gasteiger partial charge in [-0.25, -0.2) is 4.99 Å². The molecule has 122 valence electrons. The van der Waals surface area contributed by atoms with Crippen LogP contribution in [0.2, 0.25) is 0 Å². The first kappa shape index (κ1) is 17.3. The van der Waals surface area contributed by atoms with Gasteiger partial charge in [0.05, 0.1) is 13.2 Å². The smallest absolute Gasteiger partial charge is 0.193 e. The van der Waals surface area contributed by atoms with E-state index in [1.807, 2.05) is 0 Å². The highest BCUT2D eigenvalue weighted by Gasteiger charge is 2.19. The molecule has 1 fully saturated rings. The van der Waals surface area contributed by atoms with Crippen LogP contribution < -0.4 is 5.32 Å². The summed E-state index contributed by atoms with van der Waals surface area (Å²) in [6.45, 7) is 8.57. The van der Waals surface area contributed by atoms with Crippen molar-refractivity contribution in [1.29, 1.82) is 0 Å². The molecule has 0 amide bonds. The quantitative estimate of drug-likeness (QED) is 0.641. The van der Waals surface area contributed by atoms with Gasteiger partial charge in [-0.3, -0.25) is 0 Å². The van der Waals surface area contributed by atoms with Gasteiger partial charge in [-0.05, 0) is 43.5 Å². The molecule has 1 aliphatic rings. The van der Waals surface area contributed by atoms with Gasteiger partial charge in [0, 0.05) is 37.1 Å². The second-order valence-electron chi connectivity index (χ2n) is 5.85. The van der Waals surface area contributed by atoms with Crippen LogP contribution in [-0.2, 0) is 11.3 Å². The number of guanidine groups is 1. The number of aryl methyl sites for hydroxylation is 1. The number of benzene rings is 1. The Hall–Kier alpha value is -1.07. The maximum Gasteiger partial charge on any atom is 0.193 e. The molecular weight excluding hydrogens is 342 g/mol. The molecule has 0 saturated carbocycles. The van der Waals surface area contributed by atoms with E-state index in [9.17, 15) is 0 Å². The summed E-state index contributed by atoms with van der Waals surface area (Å²) in [6, 6.07) is 6.35. The lowest BCUT2D eigenvalue weighted by Crippen LogP contribution is -2.41. The summed E-state index contributed by atoms with van der Waals surface area (Å²) in [7, 11) is 2.11. The highest BCUT2D eigenvalue weighted by atomic mass is 79.9. The molecule has 1 aliphatic heterocycles. The summed E-state index contributed by atoms with van der Waals surface area (Å²) >= 11 is 3.51. The van der Waals surface area contributed by atoms with Crippen LogP contribution in [0.25, 0.3) is 0 Å². The predicted molar refractivity (Wildman–Crippen MR) is 95.3 cm³/mol. The Morgan fingerprint density at radius 2 is 2.32 bits per heavy atom. The maximum absolute atomic E-state index is 5.46. The van der Waals surface area contributed by atoms with Crippen LogP contribution in [0, 0.1) is 12.8 Å². The van der Waals surface area contributed by atoms with Crippen molar-refractivity contribution in [2.45, 2.75) is 26.8 Å². The monoisotopic (exact) mass is 367 g/mol. The highest BCUT2D eigenvalue weighted by Crippen LogP contribution is 2.17. The maximum atomic E-state index is 5.46. The molecule has 1 aromatic carbocycles. The number of nitrogens with zero attached hydrogens (tertiary/aromatic N) is 2. The molecule has 0 bridgehead atoms.